The Morgan fingerprint density at radius 1 is 1.25 bits per heavy atom. The lowest BCUT2D eigenvalue weighted by atomic mass is 10.1. The van der Waals surface area contributed by atoms with Crippen molar-refractivity contribution in [2.75, 3.05) is 31.1 Å². The summed E-state index contributed by atoms with van der Waals surface area (Å²) in [7, 11) is 0. The average Bonchev–Trinajstić information content (AvgIpc) is 2.75. The number of pyridine rings is 1. The molecule has 0 spiro atoms. The van der Waals surface area contributed by atoms with E-state index in [1.807, 2.05) is 12.4 Å². The Kier molecular flexibility index (Phi) is 2.86. The van der Waals surface area contributed by atoms with Crippen LogP contribution in [-0.2, 0) is 0 Å². The van der Waals surface area contributed by atoms with Gasteiger partial charge in [0.05, 0.1) is 11.9 Å². The maximum Gasteiger partial charge on any atom is 0.0565 e. The molecule has 0 bridgehead atoms. The van der Waals surface area contributed by atoms with Gasteiger partial charge in [-0.2, -0.15) is 0 Å². The van der Waals surface area contributed by atoms with Crippen LogP contribution in [0.1, 0.15) is 12.8 Å². The largest absolute Gasteiger partial charge is 0.367 e. The van der Waals surface area contributed by atoms with Gasteiger partial charge in [-0.05, 0) is 41.4 Å². The summed E-state index contributed by atoms with van der Waals surface area (Å²) in [6, 6.07) is 2.94. The lowest BCUT2D eigenvalue weighted by molar-refractivity contribution is 0.231. The Bertz CT molecular complexity index is 382. The van der Waals surface area contributed by atoms with Gasteiger partial charge in [0.15, 0.2) is 0 Å². The molecule has 0 radical (unpaired) electrons. The van der Waals surface area contributed by atoms with Crippen LogP contribution in [-0.4, -0.2) is 42.1 Å². The van der Waals surface area contributed by atoms with Crippen LogP contribution in [0.25, 0.3) is 0 Å². The van der Waals surface area contributed by atoms with Gasteiger partial charge in [0.25, 0.3) is 0 Å². The molecule has 3 nitrogen and oxygen atoms in total. The van der Waals surface area contributed by atoms with Crippen molar-refractivity contribution in [2.24, 2.45) is 0 Å². The summed E-state index contributed by atoms with van der Waals surface area (Å²) < 4.78 is 1.07. The molecule has 4 heteroatoms. The normalized spacial score (nSPS) is 25.8. The van der Waals surface area contributed by atoms with Crippen LogP contribution in [0.5, 0.6) is 0 Å². The van der Waals surface area contributed by atoms with E-state index in [9.17, 15) is 0 Å². The van der Waals surface area contributed by atoms with Crippen molar-refractivity contribution < 1.29 is 0 Å². The monoisotopic (exact) mass is 281 g/mol. The van der Waals surface area contributed by atoms with Gasteiger partial charge in [-0.3, -0.25) is 9.88 Å². The van der Waals surface area contributed by atoms with E-state index in [0.29, 0.717) is 0 Å². The fraction of sp³-hybridized carbons (Fsp3) is 0.583. The molecule has 0 aliphatic carbocycles. The van der Waals surface area contributed by atoms with Crippen LogP contribution in [0.3, 0.4) is 0 Å². The van der Waals surface area contributed by atoms with E-state index in [4.69, 9.17) is 0 Å². The quantitative estimate of drug-likeness (QED) is 0.786. The van der Waals surface area contributed by atoms with Gasteiger partial charge in [-0.25, -0.2) is 0 Å². The first kappa shape index (κ1) is 10.5. The van der Waals surface area contributed by atoms with E-state index >= 15 is 0 Å². The first-order valence-electron chi connectivity index (χ1n) is 5.92. The summed E-state index contributed by atoms with van der Waals surface area (Å²) >= 11 is 3.49. The first-order valence-corrected chi connectivity index (χ1v) is 6.72. The SMILES string of the molecule is Brc1cncc(N2CCN3CCCC3C2)c1. The number of halogens is 1. The van der Waals surface area contributed by atoms with E-state index < -0.39 is 0 Å². The van der Waals surface area contributed by atoms with Crippen molar-refractivity contribution in [3.8, 4) is 0 Å². The Morgan fingerprint density at radius 3 is 3.06 bits per heavy atom. The lowest BCUT2D eigenvalue weighted by Crippen LogP contribution is -2.50. The van der Waals surface area contributed by atoms with E-state index in [-0.39, 0.29) is 0 Å². The number of rotatable bonds is 1. The number of fused-ring (bicyclic) bond motifs is 1. The summed E-state index contributed by atoms with van der Waals surface area (Å²) in [5, 5.41) is 0. The molecular formula is C12H16BrN3. The zero-order chi connectivity index (χ0) is 11.0. The van der Waals surface area contributed by atoms with Crippen molar-refractivity contribution in [3.05, 3.63) is 22.9 Å². The highest BCUT2D eigenvalue weighted by atomic mass is 79.9. The van der Waals surface area contributed by atoms with Crippen molar-refractivity contribution in [1.29, 1.82) is 0 Å². The Hall–Kier alpha value is -0.610. The van der Waals surface area contributed by atoms with Gasteiger partial charge in [-0.1, -0.05) is 0 Å². The molecule has 16 heavy (non-hydrogen) atoms. The first-order chi connectivity index (χ1) is 7.83. The Labute approximate surface area is 105 Å². The van der Waals surface area contributed by atoms with Crippen LogP contribution >= 0.6 is 15.9 Å². The molecule has 0 aromatic carbocycles. The smallest absolute Gasteiger partial charge is 0.0565 e. The topological polar surface area (TPSA) is 19.4 Å². The minimum atomic E-state index is 0.771. The highest BCUT2D eigenvalue weighted by Gasteiger charge is 2.30. The molecule has 2 aliphatic rings. The highest BCUT2D eigenvalue weighted by molar-refractivity contribution is 9.10. The van der Waals surface area contributed by atoms with Crippen molar-refractivity contribution in [2.45, 2.75) is 18.9 Å². The molecule has 1 aromatic rings. The molecule has 0 saturated carbocycles. The number of aromatic nitrogens is 1. The highest BCUT2D eigenvalue weighted by Crippen LogP contribution is 2.26. The third-order valence-electron chi connectivity index (χ3n) is 3.64. The molecule has 1 atom stereocenters. The molecular weight excluding hydrogens is 266 g/mol. The summed E-state index contributed by atoms with van der Waals surface area (Å²) in [5.74, 6) is 0. The predicted octanol–water partition coefficient (Wildman–Crippen LogP) is 2.13. The van der Waals surface area contributed by atoms with Crippen molar-refractivity contribution in [1.82, 2.24) is 9.88 Å². The Morgan fingerprint density at radius 2 is 2.19 bits per heavy atom. The van der Waals surface area contributed by atoms with Crippen LogP contribution in [0.4, 0.5) is 5.69 Å². The standard InChI is InChI=1S/C12H16BrN3/c13-10-6-12(8-14-7-10)16-5-4-15-3-1-2-11(15)9-16/h6-8,11H,1-5,9H2. The maximum absolute atomic E-state index is 4.24. The second-order valence-electron chi connectivity index (χ2n) is 4.64. The average molecular weight is 282 g/mol. The van der Waals surface area contributed by atoms with Crippen LogP contribution in [0.2, 0.25) is 0 Å². The zero-order valence-corrected chi connectivity index (χ0v) is 10.9. The van der Waals surface area contributed by atoms with Gasteiger partial charge in [-0.15, -0.1) is 0 Å². The molecule has 3 rings (SSSR count). The third kappa shape index (κ3) is 1.96. The maximum atomic E-state index is 4.24. The predicted molar refractivity (Wildman–Crippen MR) is 68.7 cm³/mol. The molecule has 1 aromatic heterocycles. The number of hydrogen-bond acceptors (Lipinski definition) is 3. The molecule has 86 valence electrons. The van der Waals surface area contributed by atoms with Gasteiger partial charge in [0.1, 0.15) is 0 Å². The molecule has 3 heterocycles. The number of anilines is 1. The molecule has 2 fully saturated rings. The van der Waals surface area contributed by atoms with Gasteiger partial charge >= 0.3 is 0 Å². The summed E-state index contributed by atoms with van der Waals surface area (Å²) in [6.07, 6.45) is 6.54. The summed E-state index contributed by atoms with van der Waals surface area (Å²) in [4.78, 5) is 9.33. The number of hydrogen-bond donors (Lipinski definition) is 0. The van der Waals surface area contributed by atoms with E-state index in [1.54, 1.807) is 0 Å². The fourth-order valence-electron chi connectivity index (χ4n) is 2.80. The Balaban J connectivity index is 1.76. The van der Waals surface area contributed by atoms with Crippen LogP contribution in [0.15, 0.2) is 22.9 Å². The van der Waals surface area contributed by atoms with Gasteiger partial charge < -0.3 is 4.90 Å². The number of piperazine rings is 1. The summed E-state index contributed by atoms with van der Waals surface area (Å²) in [5.41, 5.74) is 1.25. The second kappa shape index (κ2) is 4.34. The third-order valence-corrected chi connectivity index (χ3v) is 4.08. The van der Waals surface area contributed by atoms with E-state index in [0.717, 1.165) is 23.6 Å². The van der Waals surface area contributed by atoms with Crippen LogP contribution < -0.4 is 4.90 Å². The molecule has 2 aliphatic heterocycles. The summed E-state index contributed by atoms with van der Waals surface area (Å²) in [6.45, 7) is 4.80. The van der Waals surface area contributed by atoms with Crippen molar-refractivity contribution >= 4 is 21.6 Å². The minimum Gasteiger partial charge on any atom is -0.367 e. The second-order valence-corrected chi connectivity index (χ2v) is 5.56. The molecule has 0 amide bonds. The molecule has 1 unspecified atom stereocenters. The van der Waals surface area contributed by atoms with E-state index in [1.165, 1.54) is 31.6 Å². The van der Waals surface area contributed by atoms with Gasteiger partial charge in [0, 0.05) is 36.3 Å². The number of nitrogens with zero attached hydrogens (tertiary/aromatic N) is 3. The molecule has 2 saturated heterocycles. The molecule has 0 N–H and O–H groups in total. The van der Waals surface area contributed by atoms with Crippen LogP contribution in [0, 0.1) is 0 Å². The van der Waals surface area contributed by atoms with Crippen molar-refractivity contribution in [3.63, 3.8) is 0 Å². The van der Waals surface area contributed by atoms with Gasteiger partial charge in [0.2, 0.25) is 0 Å². The zero-order valence-electron chi connectivity index (χ0n) is 9.27. The fourth-order valence-corrected chi connectivity index (χ4v) is 3.15. The minimum absolute atomic E-state index is 0.771. The van der Waals surface area contributed by atoms with E-state index in [2.05, 4.69) is 36.8 Å². The lowest BCUT2D eigenvalue weighted by Gasteiger charge is -2.38.